The molecular formula is C25H20S. The summed E-state index contributed by atoms with van der Waals surface area (Å²) in [6.45, 7) is 4.31. The third-order valence-electron chi connectivity index (χ3n) is 5.61. The lowest BCUT2D eigenvalue weighted by molar-refractivity contribution is 0.769. The molecule has 0 saturated heterocycles. The molecule has 0 atom stereocenters. The van der Waals surface area contributed by atoms with Crippen LogP contribution in [0.1, 0.15) is 33.4 Å². The molecule has 1 aliphatic carbocycles. The highest BCUT2D eigenvalue weighted by molar-refractivity contribution is 7.14. The Morgan fingerprint density at radius 3 is 1.81 bits per heavy atom. The quantitative estimate of drug-likeness (QED) is 0.330. The van der Waals surface area contributed by atoms with Crippen LogP contribution in [0.25, 0.3) is 10.4 Å². The van der Waals surface area contributed by atoms with Crippen molar-refractivity contribution in [2.24, 2.45) is 0 Å². The fraction of sp³-hybridized carbons (Fsp3) is 0.120. The third-order valence-corrected chi connectivity index (χ3v) is 6.56. The lowest BCUT2D eigenvalue weighted by atomic mass is 9.68. The van der Waals surface area contributed by atoms with Crippen molar-refractivity contribution in [2.45, 2.75) is 19.3 Å². The molecule has 0 N–H and O–H groups in total. The zero-order valence-electron chi connectivity index (χ0n) is 15.0. The average Bonchev–Trinajstić information content (AvgIpc) is 3.24. The highest BCUT2D eigenvalue weighted by atomic mass is 32.1. The molecule has 0 unspecified atom stereocenters. The van der Waals surface area contributed by atoms with E-state index in [9.17, 15) is 0 Å². The van der Waals surface area contributed by atoms with Gasteiger partial charge in [0, 0.05) is 4.88 Å². The first-order chi connectivity index (χ1) is 12.7. The standard InChI is InChI=1S/C25H20S/c1-17-7-11-19(12-8-17)25(20-13-9-18(2)10-14-20)22-6-4-3-5-21(22)24-23(25)15-16-26-24/h3-16H,1-2H3. The van der Waals surface area contributed by atoms with Crippen molar-refractivity contribution in [2.75, 3.05) is 0 Å². The molecule has 0 nitrogen and oxygen atoms in total. The zero-order valence-corrected chi connectivity index (χ0v) is 15.8. The maximum absolute atomic E-state index is 2.32. The zero-order chi connectivity index (χ0) is 17.7. The Kier molecular flexibility index (Phi) is 3.41. The van der Waals surface area contributed by atoms with Crippen LogP contribution in [0.4, 0.5) is 0 Å². The molecule has 0 spiro atoms. The summed E-state index contributed by atoms with van der Waals surface area (Å²) in [4.78, 5) is 1.40. The minimum atomic E-state index is -0.229. The van der Waals surface area contributed by atoms with E-state index in [1.165, 1.54) is 43.8 Å². The van der Waals surface area contributed by atoms with Gasteiger partial charge in [-0.1, -0.05) is 83.9 Å². The summed E-state index contributed by atoms with van der Waals surface area (Å²) in [5.41, 5.74) is 9.24. The molecule has 0 bridgehead atoms. The molecule has 0 fully saturated rings. The molecule has 1 aliphatic rings. The summed E-state index contributed by atoms with van der Waals surface area (Å²) < 4.78 is 0. The smallest absolute Gasteiger partial charge is 0.0722 e. The molecule has 4 aromatic rings. The van der Waals surface area contributed by atoms with Gasteiger partial charge in [0.05, 0.1) is 5.41 Å². The topological polar surface area (TPSA) is 0 Å². The van der Waals surface area contributed by atoms with E-state index in [4.69, 9.17) is 0 Å². The fourth-order valence-corrected chi connectivity index (χ4v) is 5.36. The minimum absolute atomic E-state index is 0.229. The van der Waals surface area contributed by atoms with Crippen molar-refractivity contribution in [3.63, 3.8) is 0 Å². The van der Waals surface area contributed by atoms with Crippen molar-refractivity contribution < 1.29 is 0 Å². The second-order valence-electron chi connectivity index (χ2n) is 7.19. The normalized spacial score (nSPS) is 14.1. The first-order valence-corrected chi connectivity index (χ1v) is 9.91. The van der Waals surface area contributed by atoms with Crippen molar-refractivity contribution in [3.8, 4) is 10.4 Å². The van der Waals surface area contributed by atoms with E-state index in [1.807, 2.05) is 11.3 Å². The Morgan fingerprint density at radius 2 is 1.19 bits per heavy atom. The van der Waals surface area contributed by atoms with Gasteiger partial charge in [0.25, 0.3) is 0 Å². The van der Waals surface area contributed by atoms with Crippen LogP contribution in [0.15, 0.2) is 84.2 Å². The Morgan fingerprint density at radius 1 is 0.615 bits per heavy atom. The van der Waals surface area contributed by atoms with Crippen LogP contribution in [0.3, 0.4) is 0 Å². The van der Waals surface area contributed by atoms with Crippen molar-refractivity contribution >= 4 is 11.3 Å². The third kappa shape index (κ3) is 2.01. The molecule has 1 aromatic heterocycles. The molecule has 5 rings (SSSR count). The van der Waals surface area contributed by atoms with Crippen LogP contribution in [-0.2, 0) is 5.41 Å². The number of benzene rings is 3. The summed E-state index contributed by atoms with van der Waals surface area (Å²) in [5, 5.41) is 2.23. The van der Waals surface area contributed by atoms with Crippen LogP contribution in [0.2, 0.25) is 0 Å². The molecular weight excluding hydrogens is 332 g/mol. The first kappa shape index (κ1) is 15.6. The molecule has 1 heterocycles. The number of rotatable bonds is 2. The highest BCUT2D eigenvalue weighted by Crippen LogP contribution is 2.57. The predicted molar refractivity (Wildman–Crippen MR) is 111 cm³/mol. The Hall–Kier alpha value is -2.64. The highest BCUT2D eigenvalue weighted by Gasteiger charge is 2.46. The van der Waals surface area contributed by atoms with Gasteiger partial charge in [-0.2, -0.15) is 0 Å². The van der Waals surface area contributed by atoms with Gasteiger partial charge < -0.3 is 0 Å². The van der Waals surface area contributed by atoms with Gasteiger partial charge in [-0.3, -0.25) is 0 Å². The van der Waals surface area contributed by atoms with Crippen LogP contribution < -0.4 is 0 Å². The second kappa shape index (κ2) is 5.69. The van der Waals surface area contributed by atoms with Gasteiger partial charge in [0.1, 0.15) is 0 Å². The average molecular weight is 353 g/mol. The van der Waals surface area contributed by atoms with E-state index in [-0.39, 0.29) is 5.41 Å². The van der Waals surface area contributed by atoms with Crippen molar-refractivity contribution in [1.82, 2.24) is 0 Å². The van der Waals surface area contributed by atoms with Crippen LogP contribution in [-0.4, -0.2) is 0 Å². The van der Waals surface area contributed by atoms with Gasteiger partial charge >= 0.3 is 0 Å². The number of hydrogen-bond acceptors (Lipinski definition) is 1. The largest absolute Gasteiger partial charge is 0.143 e. The molecule has 0 radical (unpaired) electrons. The summed E-state index contributed by atoms with van der Waals surface area (Å²) in [5.74, 6) is 0. The van der Waals surface area contributed by atoms with Crippen molar-refractivity contribution in [1.29, 1.82) is 0 Å². The Bertz CT molecular complexity index is 1040. The van der Waals surface area contributed by atoms with E-state index in [2.05, 4.69) is 98.1 Å². The van der Waals surface area contributed by atoms with Crippen LogP contribution in [0.5, 0.6) is 0 Å². The Balaban J connectivity index is 1.93. The van der Waals surface area contributed by atoms with Gasteiger partial charge in [-0.05, 0) is 53.1 Å². The monoisotopic (exact) mass is 352 g/mol. The van der Waals surface area contributed by atoms with Crippen LogP contribution in [0, 0.1) is 13.8 Å². The van der Waals surface area contributed by atoms with Gasteiger partial charge in [0.15, 0.2) is 0 Å². The lowest BCUT2D eigenvalue weighted by Gasteiger charge is -2.33. The van der Waals surface area contributed by atoms with Gasteiger partial charge in [-0.25, -0.2) is 0 Å². The molecule has 26 heavy (non-hydrogen) atoms. The SMILES string of the molecule is Cc1ccc(C2(c3ccc(C)cc3)c3ccccc3-c3sccc32)cc1. The lowest BCUT2D eigenvalue weighted by Crippen LogP contribution is -2.28. The minimum Gasteiger partial charge on any atom is -0.143 e. The van der Waals surface area contributed by atoms with E-state index >= 15 is 0 Å². The number of thiophene rings is 1. The Labute approximate surface area is 158 Å². The second-order valence-corrected chi connectivity index (χ2v) is 8.11. The molecule has 0 saturated carbocycles. The van der Waals surface area contributed by atoms with Gasteiger partial charge in [0.2, 0.25) is 0 Å². The molecule has 126 valence electrons. The first-order valence-electron chi connectivity index (χ1n) is 9.03. The molecule has 1 heteroatoms. The van der Waals surface area contributed by atoms with Gasteiger partial charge in [-0.15, -0.1) is 11.3 Å². The number of fused-ring (bicyclic) bond motifs is 3. The van der Waals surface area contributed by atoms with E-state index in [0.29, 0.717) is 0 Å². The van der Waals surface area contributed by atoms with Crippen molar-refractivity contribution in [3.05, 3.63) is 118 Å². The summed E-state index contributed by atoms with van der Waals surface area (Å²) in [6, 6.07) is 29.4. The van der Waals surface area contributed by atoms with E-state index in [0.717, 1.165) is 0 Å². The van der Waals surface area contributed by atoms with E-state index in [1.54, 1.807) is 0 Å². The summed E-state index contributed by atoms with van der Waals surface area (Å²) in [7, 11) is 0. The number of aryl methyl sites for hydroxylation is 2. The number of hydrogen-bond donors (Lipinski definition) is 0. The molecule has 0 aliphatic heterocycles. The fourth-order valence-electron chi connectivity index (χ4n) is 4.36. The molecule has 3 aromatic carbocycles. The van der Waals surface area contributed by atoms with Crippen LogP contribution >= 0.6 is 11.3 Å². The molecule has 0 amide bonds. The maximum atomic E-state index is 2.32. The predicted octanol–water partition coefficient (Wildman–Crippen LogP) is 6.73. The van der Waals surface area contributed by atoms with E-state index < -0.39 is 0 Å². The summed E-state index contributed by atoms with van der Waals surface area (Å²) >= 11 is 1.85. The maximum Gasteiger partial charge on any atom is 0.0722 e. The summed E-state index contributed by atoms with van der Waals surface area (Å²) in [6.07, 6.45) is 0.